The summed E-state index contributed by atoms with van der Waals surface area (Å²) in [6.45, 7) is 3.68. The average Bonchev–Trinajstić information content (AvgIpc) is 3.00. The van der Waals surface area contributed by atoms with E-state index in [0.29, 0.717) is 32.6 Å². The molecule has 1 aromatic carbocycles. The number of carbonyl (C=O) groups is 2. The van der Waals surface area contributed by atoms with E-state index >= 15 is 0 Å². The third-order valence-corrected chi connectivity index (χ3v) is 4.05. The molecule has 1 amide bonds. The number of aliphatic carboxylic acids is 1. The van der Waals surface area contributed by atoms with Gasteiger partial charge in [-0.25, -0.2) is 0 Å². The van der Waals surface area contributed by atoms with Gasteiger partial charge < -0.3 is 19.5 Å². The molecule has 0 aromatic heterocycles. The fraction of sp³-hybridized carbons (Fsp3) is 0.556. The van der Waals surface area contributed by atoms with E-state index in [9.17, 15) is 9.59 Å². The fourth-order valence-electron chi connectivity index (χ4n) is 2.93. The molecule has 1 aliphatic heterocycles. The summed E-state index contributed by atoms with van der Waals surface area (Å²) in [6, 6.07) is 7.24. The van der Waals surface area contributed by atoms with Crippen LogP contribution in [0.3, 0.4) is 0 Å². The summed E-state index contributed by atoms with van der Waals surface area (Å²) in [5.41, 5.74) is 0. The third kappa shape index (κ3) is 5.44. The second-order valence-corrected chi connectivity index (χ2v) is 5.84. The van der Waals surface area contributed by atoms with Gasteiger partial charge in [-0.1, -0.05) is 0 Å². The predicted molar refractivity (Wildman–Crippen MR) is 89.3 cm³/mol. The van der Waals surface area contributed by atoms with Crippen LogP contribution in [-0.4, -0.2) is 47.7 Å². The summed E-state index contributed by atoms with van der Waals surface area (Å²) >= 11 is 0. The number of hydrogen-bond acceptors (Lipinski definition) is 4. The zero-order valence-electron chi connectivity index (χ0n) is 14.1. The summed E-state index contributed by atoms with van der Waals surface area (Å²) in [4.78, 5) is 24.8. The van der Waals surface area contributed by atoms with Crippen molar-refractivity contribution in [2.24, 2.45) is 0 Å². The number of likely N-dealkylation sites (tertiary alicyclic amines) is 1. The van der Waals surface area contributed by atoms with Crippen LogP contribution in [0.2, 0.25) is 0 Å². The highest BCUT2D eigenvalue weighted by Crippen LogP contribution is 2.22. The second kappa shape index (κ2) is 9.15. The number of amides is 1. The van der Waals surface area contributed by atoms with Gasteiger partial charge in [0.15, 0.2) is 0 Å². The zero-order chi connectivity index (χ0) is 17.4. The number of carboxylic acids is 1. The normalized spacial score (nSPS) is 16.9. The van der Waals surface area contributed by atoms with Crippen molar-refractivity contribution in [2.45, 2.75) is 45.1 Å². The lowest BCUT2D eigenvalue weighted by Crippen LogP contribution is -2.36. The van der Waals surface area contributed by atoms with Crippen molar-refractivity contribution in [3.8, 4) is 11.5 Å². The Balaban J connectivity index is 1.69. The third-order valence-electron chi connectivity index (χ3n) is 4.05. The number of hydrogen-bond donors (Lipinski definition) is 1. The van der Waals surface area contributed by atoms with Crippen LogP contribution >= 0.6 is 0 Å². The van der Waals surface area contributed by atoms with Crippen LogP contribution in [-0.2, 0) is 9.59 Å². The topological polar surface area (TPSA) is 76.1 Å². The second-order valence-electron chi connectivity index (χ2n) is 5.84. The summed E-state index contributed by atoms with van der Waals surface area (Å²) in [7, 11) is 0. The molecular formula is C18H25NO5. The highest BCUT2D eigenvalue weighted by atomic mass is 16.5. The molecule has 24 heavy (non-hydrogen) atoms. The van der Waals surface area contributed by atoms with Gasteiger partial charge in [-0.2, -0.15) is 0 Å². The lowest BCUT2D eigenvalue weighted by molar-refractivity contribution is -0.139. The zero-order valence-corrected chi connectivity index (χ0v) is 14.1. The molecule has 1 aliphatic rings. The number of rotatable bonds is 9. The number of carboxylic acid groups (broad SMARTS) is 1. The molecule has 1 heterocycles. The molecule has 1 N–H and O–H groups in total. The van der Waals surface area contributed by atoms with Crippen molar-refractivity contribution in [2.75, 3.05) is 19.8 Å². The van der Waals surface area contributed by atoms with Gasteiger partial charge in [0.1, 0.15) is 11.5 Å². The number of carbonyl (C=O) groups excluding carboxylic acids is 1. The maximum absolute atomic E-state index is 12.2. The highest BCUT2D eigenvalue weighted by molar-refractivity contribution is 5.78. The predicted octanol–water partition coefficient (Wildman–Crippen LogP) is 2.71. The lowest BCUT2D eigenvalue weighted by Gasteiger charge is -2.23. The van der Waals surface area contributed by atoms with Crippen molar-refractivity contribution in [1.29, 1.82) is 0 Å². The Morgan fingerprint density at radius 1 is 1.21 bits per heavy atom. The quantitative estimate of drug-likeness (QED) is 0.702. The first-order chi connectivity index (χ1) is 11.6. The van der Waals surface area contributed by atoms with E-state index < -0.39 is 5.97 Å². The minimum atomic E-state index is -0.849. The largest absolute Gasteiger partial charge is 0.494 e. The monoisotopic (exact) mass is 335 g/mol. The highest BCUT2D eigenvalue weighted by Gasteiger charge is 2.29. The Kier molecular flexibility index (Phi) is 6.90. The number of ether oxygens (including phenoxy) is 2. The molecule has 0 spiro atoms. The summed E-state index contributed by atoms with van der Waals surface area (Å²) in [5, 5.41) is 8.90. The van der Waals surface area contributed by atoms with Gasteiger partial charge in [0.05, 0.1) is 19.6 Å². The van der Waals surface area contributed by atoms with Crippen LogP contribution in [0.1, 0.15) is 39.0 Å². The Bertz CT molecular complexity index is 543. The van der Waals surface area contributed by atoms with Crippen molar-refractivity contribution in [3.63, 3.8) is 0 Å². The molecule has 132 valence electrons. The molecule has 0 radical (unpaired) electrons. The maximum atomic E-state index is 12.2. The van der Waals surface area contributed by atoms with Gasteiger partial charge in [0, 0.05) is 19.0 Å². The molecule has 1 fully saturated rings. The lowest BCUT2D eigenvalue weighted by atomic mass is 10.1. The van der Waals surface area contributed by atoms with Gasteiger partial charge in [-0.05, 0) is 50.5 Å². The molecule has 1 unspecified atom stereocenters. The van der Waals surface area contributed by atoms with E-state index in [1.54, 1.807) is 4.90 Å². The smallest absolute Gasteiger partial charge is 0.305 e. The van der Waals surface area contributed by atoms with E-state index in [1.165, 1.54) is 0 Å². The first kappa shape index (κ1) is 18.1. The van der Waals surface area contributed by atoms with Crippen LogP contribution in [0.5, 0.6) is 11.5 Å². The summed E-state index contributed by atoms with van der Waals surface area (Å²) in [6.07, 6.45) is 2.69. The average molecular weight is 335 g/mol. The van der Waals surface area contributed by atoms with Gasteiger partial charge >= 0.3 is 5.97 Å². The number of benzene rings is 1. The van der Waals surface area contributed by atoms with Crippen LogP contribution in [0.15, 0.2) is 24.3 Å². The first-order valence-corrected chi connectivity index (χ1v) is 8.47. The molecule has 1 saturated heterocycles. The van der Waals surface area contributed by atoms with Crippen molar-refractivity contribution >= 4 is 11.9 Å². The van der Waals surface area contributed by atoms with E-state index in [0.717, 1.165) is 24.3 Å². The van der Waals surface area contributed by atoms with Crippen molar-refractivity contribution < 1.29 is 24.2 Å². The van der Waals surface area contributed by atoms with E-state index in [2.05, 4.69) is 0 Å². The molecule has 6 heteroatoms. The molecule has 6 nitrogen and oxygen atoms in total. The van der Waals surface area contributed by atoms with E-state index in [4.69, 9.17) is 14.6 Å². The Morgan fingerprint density at radius 2 is 1.88 bits per heavy atom. The molecule has 1 atom stereocenters. The standard InChI is InChI=1S/C18H25NO5/c1-2-23-15-7-9-16(10-8-15)24-12-4-6-17(20)19-11-3-5-14(19)13-18(21)22/h7-10,14H,2-6,11-13H2,1H3,(H,21,22). The van der Waals surface area contributed by atoms with Crippen molar-refractivity contribution in [3.05, 3.63) is 24.3 Å². The van der Waals surface area contributed by atoms with E-state index in [-0.39, 0.29) is 18.4 Å². The summed E-state index contributed by atoms with van der Waals surface area (Å²) < 4.78 is 11.0. The molecule has 1 aromatic rings. The summed E-state index contributed by atoms with van der Waals surface area (Å²) in [5.74, 6) is 0.724. The van der Waals surface area contributed by atoms with Gasteiger partial charge in [0.25, 0.3) is 0 Å². The molecule has 2 rings (SSSR count). The van der Waals surface area contributed by atoms with Gasteiger partial charge in [0.2, 0.25) is 5.91 Å². The Labute approximate surface area is 142 Å². The van der Waals surface area contributed by atoms with Crippen LogP contribution in [0.25, 0.3) is 0 Å². The van der Waals surface area contributed by atoms with E-state index in [1.807, 2.05) is 31.2 Å². The first-order valence-electron chi connectivity index (χ1n) is 8.47. The minimum absolute atomic E-state index is 0.0223. The molecule has 0 saturated carbocycles. The van der Waals surface area contributed by atoms with Crippen LogP contribution in [0, 0.1) is 0 Å². The Hall–Kier alpha value is -2.24. The SMILES string of the molecule is CCOc1ccc(OCCCC(=O)N2CCCC2CC(=O)O)cc1. The Morgan fingerprint density at radius 3 is 2.50 bits per heavy atom. The van der Waals surface area contributed by atoms with Crippen molar-refractivity contribution in [1.82, 2.24) is 4.90 Å². The van der Waals surface area contributed by atoms with Crippen LogP contribution in [0.4, 0.5) is 0 Å². The number of nitrogens with zero attached hydrogens (tertiary/aromatic N) is 1. The minimum Gasteiger partial charge on any atom is -0.494 e. The van der Waals surface area contributed by atoms with Gasteiger partial charge in [-0.15, -0.1) is 0 Å². The van der Waals surface area contributed by atoms with Crippen LogP contribution < -0.4 is 9.47 Å². The molecular weight excluding hydrogens is 310 g/mol. The molecule has 0 bridgehead atoms. The van der Waals surface area contributed by atoms with Gasteiger partial charge in [-0.3, -0.25) is 9.59 Å². The maximum Gasteiger partial charge on any atom is 0.305 e. The molecule has 0 aliphatic carbocycles. The fourth-order valence-corrected chi connectivity index (χ4v) is 2.93.